The number of allylic oxidation sites excluding steroid dienone is 1. The summed E-state index contributed by atoms with van der Waals surface area (Å²) in [5.41, 5.74) is 2.97. The third kappa shape index (κ3) is 8.44. The van der Waals surface area contributed by atoms with Gasteiger partial charge in [-0.3, -0.25) is 0 Å². The summed E-state index contributed by atoms with van der Waals surface area (Å²) in [4.78, 5) is 23.5. The minimum absolute atomic E-state index is 0.0200. The van der Waals surface area contributed by atoms with E-state index in [4.69, 9.17) is 14.2 Å². The Bertz CT molecular complexity index is 756. The van der Waals surface area contributed by atoms with Crippen LogP contribution in [-0.2, 0) is 25.5 Å². The van der Waals surface area contributed by atoms with Gasteiger partial charge in [-0.2, -0.15) is 0 Å². The van der Waals surface area contributed by atoms with Gasteiger partial charge < -0.3 is 14.2 Å². The predicted octanol–water partition coefficient (Wildman–Crippen LogP) is 5.19. The summed E-state index contributed by atoms with van der Waals surface area (Å²) in [5.74, 6) is 0.517. The Morgan fingerprint density at radius 2 is 1.70 bits per heavy atom. The van der Waals surface area contributed by atoms with Crippen molar-refractivity contribution in [2.45, 2.75) is 65.9 Å². The van der Waals surface area contributed by atoms with Gasteiger partial charge in [0.1, 0.15) is 18.5 Å². The number of hydrogen-bond donors (Lipinski definition) is 0. The van der Waals surface area contributed by atoms with Crippen LogP contribution < -0.4 is 4.74 Å². The second-order valence-corrected chi connectivity index (χ2v) is 8.12. The van der Waals surface area contributed by atoms with Crippen molar-refractivity contribution in [2.75, 3.05) is 13.2 Å². The van der Waals surface area contributed by atoms with Crippen molar-refractivity contribution in [3.63, 3.8) is 0 Å². The lowest BCUT2D eigenvalue weighted by Gasteiger charge is -2.31. The van der Waals surface area contributed by atoms with E-state index in [9.17, 15) is 9.59 Å². The highest BCUT2D eigenvalue weighted by atomic mass is 16.5. The highest BCUT2D eigenvalue weighted by Gasteiger charge is 2.28. The van der Waals surface area contributed by atoms with Crippen LogP contribution >= 0.6 is 0 Å². The number of esters is 2. The van der Waals surface area contributed by atoms with Gasteiger partial charge in [0, 0.05) is 12.2 Å². The van der Waals surface area contributed by atoms with E-state index >= 15 is 0 Å². The van der Waals surface area contributed by atoms with Gasteiger partial charge in [-0.05, 0) is 82.6 Å². The molecule has 1 aliphatic rings. The van der Waals surface area contributed by atoms with Gasteiger partial charge in [0.15, 0.2) is 0 Å². The minimum atomic E-state index is -0.346. The van der Waals surface area contributed by atoms with Crippen LogP contribution in [0.5, 0.6) is 5.75 Å². The largest absolute Gasteiger partial charge is 0.489 e. The first-order valence-electron chi connectivity index (χ1n) is 10.8. The zero-order valence-electron chi connectivity index (χ0n) is 18.6. The van der Waals surface area contributed by atoms with Crippen molar-refractivity contribution in [3.8, 4) is 5.75 Å². The van der Waals surface area contributed by atoms with E-state index < -0.39 is 0 Å². The molecule has 1 saturated carbocycles. The van der Waals surface area contributed by atoms with E-state index in [0.29, 0.717) is 19.1 Å². The first-order chi connectivity index (χ1) is 14.4. The number of ether oxygens (including phenoxy) is 3. The normalized spacial score (nSPS) is 19.0. The SMILES string of the molecule is CCOC(=O)/C=C(/C)COc1ccc(C[C@@H]2CCCC[C@@H]2OC(=O)C=C(C)C)cc1. The number of carbonyl (C=O) groups excluding carboxylic acids is 2. The van der Waals surface area contributed by atoms with E-state index in [1.165, 1.54) is 18.1 Å². The molecule has 0 heterocycles. The van der Waals surface area contributed by atoms with Gasteiger partial charge in [-0.25, -0.2) is 9.59 Å². The molecule has 0 radical (unpaired) electrons. The number of hydrogen-bond acceptors (Lipinski definition) is 5. The van der Waals surface area contributed by atoms with Crippen molar-refractivity contribution in [1.82, 2.24) is 0 Å². The first-order valence-corrected chi connectivity index (χ1v) is 10.8. The lowest BCUT2D eigenvalue weighted by molar-refractivity contribution is -0.147. The fraction of sp³-hybridized carbons (Fsp3) is 0.520. The Hall–Kier alpha value is -2.56. The van der Waals surface area contributed by atoms with E-state index in [1.807, 2.05) is 32.9 Å². The molecule has 0 saturated heterocycles. The van der Waals surface area contributed by atoms with Crippen molar-refractivity contribution in [3.05, 3.63) is 53.1 Å². The number of rotatable bonds is 9. The van der Waals surface area contributed by atoms with Crippen molar-refractivity contribution >= 4 is 11.9 Å². The second-order valence-electron chi connectivity index (χ2n) is 8.12. The zero-order chi connectivity index (χ0) is 21.9. The maximum atomic E-state index is 12.0. The van der Waals surface area contributed by atoms with E-state index in [2.05, 4.69) is 12.1 Å². The van der Waals surface area contributed by atoms with Crippen LogP contribution in [0.2, 0.25) is 0 Å². The van der Waals surface area contributed by atoms with Crippen LogP contribution in [0.25, 0.3) is 0 Å². The Kier molecular flexibility index (Phi) is 9.65. The summed E-state index contributed by atoms with van der Waals surface area (Å²) in [5, 5.41) is 0. The number of benzene rings is 1. The molecule has 5 nitrogen and oxygen atoms in total. The molecule has 164 valence electrons. The third-order valence-corrected chi connectivity index (χ3v) is 5.05. The molecule has 0 spiro atoms. The summed E-state index contributed by atoms with van der Waals surface area (Å²) in [7, 11) is 0. The van der Waals surface area contributed by atoms with Crippen LogP contribution in [0.4, 0.5) is 0 Å². The van der Waals surface area contributed by atoms with Crippen LogP contribution in [0.15, 0.2) is 47.6 Å². The molecular formula is C25H34O5. The minimum Gasteiger partial charge on any atom is -0.489 e. The van der Waals surface area contributed by atoms with Gasteiger partial charge >= 0.3 is 11.9 Å². The third-order valence-electron chi connectivity index (χ3n) is 5.05. The zero-order valence-corrected chi connectivity index (χ0v) is 18.6. The average molecular weight is 415 g/mol. The van der Waals surface area contributed by atoms with E-state index in [-0.39, 0.29) is 18.0 Å². The van der Waals surface area contributed by atoms with Gasteiger partial charge in [0.05, 0.1) is 6.61 Å². The summed E-state index contributed by atoms with van der Waals surface area (Å²) in [6.07, 6.45) is 8.17. The quantitative estimate of drug-likeness (QED) is 0.411. The van der Waals surface area contributed by atoms with Crippen LogP contribution in [0, 0.1) is 5.92 Å². The molecule has 30 heavy (non-hydrogen) atoms. The van der Waals surface area contributed by atoms with Gasteiger partial charge in [0.25, 0.3) is 0 Å². The lowest BCUT2D eigenvalue weighted by atomic mass is 9.82. The Morgan fingerprint density at radius 1 is 1.00 bits per heavy atom. The topological polar surface area (TPSA) is 61.8 Å². The molecule has 1 aromatic carbocycles. The molecule has 0 bridgehead atoms. The summed E-state index contributed by atoms with van der Waals surface area (Å²) >= 11 is 0. The Morgan fingerprint density at radius 3 is 2.37 bits per heavy atom. The molecule has 0 N–H and O–H groups in total. The molecule has 1 aromatic rings. The maximum absolute atomic E-state index is 12.0. The molecule has 5 heteroatoms. The van der Waals surface area contributed by atoms with Crippen molar-refractivity contribution in [2.24, 2.45) is 5.92 Å². The fourth-order valence-electron chi connectivity index (χ4n) is 3.63. The molecule has 0 amide bonds. The lowest BCUT2D eigenvalue weighted by Crippen LogP contribution is -2.31. The number of carbonyl (C=O) groups is 2. The molecule has 0 aliphatic heterocycles. The molecule has 2 rings (SSSR count). The highest BCUT2D eigenvalue weighted by molar-refractivity contribution is 5.83. The van der Waals surface area contributed by atoms with Crippen LogP contribution in [-0.4, -0.2) is 31.3 Å². The van der Waals surface area contributed by atoms with Crippen LogP contribution in [0.3, 0.4) is 0 Å². The summed E-state index contributed by atoms with van der Waals surface area (Å²) in [6.45, 7) is 8.12. The molecule has 1 aliphatic carbocycles. The summed E-state index contributed by atoms with van der Waals surface area (Å²) in [6, 6.07) is 8.01. The molecule has 0 aromatic heterocycles. The van der Waals surface area contributed by atoms with E-state index in [1.54, 1.807) is 13.0 Å². The van der Waals surface area contributed by atoms with Crippen molar-refractivity contribution in [1.29, 1.82) is 0 Å². The molecule has 0 unspecified atom stereocenters. The maximum Gasteiger partial charge on any atom is 0.330 e. The molecular weight excluding hydrogens is 380 g/mol. The molecule has 2 atom stereocenters. The first kappa shape index (κ1) is 23.7. The predicted molar refractivity (Wildman–Crippen MR) is 117 cm³/mol. The van der Waals surface area contributed by atoms with Crippen LogP contribution in [0.1, 0.15) is 58.9 Å². The monoisotopic (exact) mass is 414 g/mol. The van der Waals surface area contributed by atoms with Gasteiger partial charge in [-0.1, -0.05) is 24.1 Å². The summed E-state index contributed by atoms with van der Waals surface area (Å²) < 4.78 is 16.4. The highest BCUT2D eigenvalue weighted by Crippen LogP contribution is 2.30. The Labute approximate surface area is 180 Å². The second kappa shape index (κ2) is 12.2. The van der Waals surface area contributed by atoms with E-state index in [0.717, 1.165) is 42.6 Å². The molecule has 1 fully saturated rings. The Balaban J connectivity index is 1.90. The smallest absolute Gasteiger partial charge is 0.330 e. The van der Waals surface area contributed by atoms with Gasteiger partial charge in [0.2, 0.25) is 0 Å². The van der Waals surface area contributed by atoms with Gasteiger partial charge in [-0.15, -0.1) is 0 Å². The fourth-order valence-corrected chi connectivity index (χ4v) is 3.63. The van der Waals surface area contributed by atoms with Crippen molar-refractivity contribution < 1.29 is 23.8 Å². The average Bonchev–Trinajstić information content (AvgIpc) is 2.68. The standard InChI is InChI=1S/C25H34O5/c1-5-28-24(26)15-19(4)17-29-22-12-10-20(11-13-22)16-21-8-6-7-9-23(21)30-25(27)14-18(2)3/h10-15,21,23H,5-9,16-17H2,1-4H3/b19-15-/t21-,23-/m0/s1.